The molecular weight excluding hydrogens is 530 g/mol. The fraction of sp³-hybridized carbons (Fsp3) is 0.345. The molecule has 0 aliphatic heterocycles. The predicted molar refractivity (Wildman–Crippen MR) is 156 cm³/mol. The van der Waals surface area contributed by atoms with Crippen molar-refractivity contribution < 1.29 is 13.5 Å². The first-order chi connectivity index (χ1) is 18.9. The normalized spacial score (nSPS) is 12.4. The van der Waals surface area contributed by atoms with Crippen LogP contribution in [0.25, 0.3) is 11.4 Å². The number of nitrogens with one attached hydrogen (secondary N) is 2. The lowest BCUT2D eigenvalue weighted by molar-refractivity contribution is 0.174. The summed E-state index contributed by atoms with van der Waals surface area (Å²) in [5, 5.41) is 14.5. The Morgan fingerprint density at radius 1 is 0.974 bits per heavy atom. The van der Waals surface area contributed by atoms with Crippen molar-refractivity contribution in [1.82, 2.24) is 19.7 Å². The zero-order valence-electron chi connectivity index (χ0n) is 22.1. The highest BCUT2D eigenvalue weighted by atomic mass is 32.2. The first-order valence-corrected chi connectivity index (χ1v) is 15.5. The monoisotopic (exact) mass is 565 g/mol. The molecule has 0 saturated carbocycles. The summed E-state index contributed by atoms with van der Waals surface area (Å²) < 4.78 is 32.9. The zero-order chi connectivity index (χ0) is 27.5. The van der Waals surface area contributed by atoms with Gasteiger partial charge in [0.25, 0.3) is 10.0 Å². The quantitative estimate of drug-likeness (QED) is 0.166. The summed E-state index contributed by atoms with van der Waals surface area (Å²) in [5.41, 5.74) is 3.14. The van der Waals surface area contributed by atoms with Crippen LogP contribution < -0.4 is 10.0 Å². The molecule has 0 bridgehead atoms. The molecule has 2 aromatic carbocycles. The van der Waals surface area contributed by atoms with Crippen LogP contribution in [-0.4, -0.2) is 41.0 Å². The van der Waals surface area contributed by atoms with Crippen LogP contribution in [0.15, 0.2) is 78.0 Å². The number of sulfonamides is 1. The van der Waals surface area contributed by atoms with Gasteiger partial charge in [0.1, 0.15) is 5.01 Å². The number of aryl methyl sites for hydroxylation is 1. The molecule has 2 heterocycles. The van der Waals surface area contributed by atoms with E-state index in [2.05, 4.69) is 31.3 Å². The minimum Gasteiger partial charge on any atom is -0.387 e. The minimum absolute atomic E-state index is 0.182. The molecule has 0 amide bonds. The lowest BCUT2D eigenvalue weighted by Gasteiger charge is -2.12. The van der Waals surface area contributed by atoms with E-state index in [0.29, 0.717) is 24.6 Å². The summed E-state index contributed by atoms with van der Waals surface area (Å²) in [6, 6.07) is 17.6. The molecule has 4 rings (SSSR count). The Morgan fingerprint density at radius 2 is 1.77 bits per heavy atom. The molecule has 1 atom stereocenters. The van der Waals surface area contributed by atoms with Gasteiger partial charge in [-0.05, 0) is 78.9 Å². The molecule has 39 heavy (non-hydrogen) atoms. The highest BCUT2D eigenvalue weighted by molar-refractivity contribution is 7.92. The van der Waals surface area contributed by atoms with Crippen molar-refractivity contribution in [1.29, 1.82) is 0 Å². The molecular formula is C29H35N5O3S2. The van der Waals surface area contributed by atoms with Gasteiger partial charge in [0.05, 0.1) is 11.0 Å². The number of aromatic nitrogens is 3. The topological polar surface area (TPSA) is 117 Å². The van der Waals surface area contributed by atoms with Gasteiger partial charge in [-0.3, -0.25) is 9.71 Å². The van der Waals surface area contributed by atoms with Crippen LogP contribution >= 0.6 is 11.5 Å². The van der Waals surface area contributed by atoms with Crippen LogP contribution in [0.5, 0.6) is 0 Å². The van der Waals surface area contributed by atoms with Gasteiger partial charge < -0.3 is 10.4 Å². The van der Waals surface area contributed by atoms with E-state index in [-0.39, 0.29) is 4.90 Å². The van der Waals surface area contributed by atoms with Gasteiger partial charge in [0.15, 0.2) is 5.82 Å². The summed E-state index contributed by atoms with van der Waals surface area (Å²) >= 11 is 1.41. The number of pyridine rings is 1. The molecule has 0 fully saturated rings. The number of benzene rings is 2. The van der Waals surface area contributed by atoms with E-state index >= 15 is 0 Å². The third-order valence-corrected chi connectivity index (χ3v) is 8.51. The van der Waals surface area contributed by atoms with E-state index in [0.717, 1.165) is 41.0 Å². The number of anilines is 1. The molecule has 3 N–H and O–H groups in total. The Morgan fingerprint density at radius 3 is 2.49 bits per heavy atom. The van der Waals surface area contributed by atoms with Crippen molar-refractivity contribution in [2.45, 2.75) is 56.4 Å². The smallest absolute Gasteiger partial charge is 0.261 e. The lowest BCUT2D eigenvalue weighted by Crippen LogP contribution is -2.23. The Kier molecular flexibility index (Phi) is 10.5. The number of aliphatic hydroxyl groups is 1. The fourth-order valence-corrected chi connectivity index (χ4v) is 5.84. The van der Waals surface area contributed by atoms with Gasteiger partial charge in [0.2, 0.25) is 0 Å². The van der Waals surface area contributed by atoms with Gasteiger partial charge in [-0.25, -0.2) is 13.4 Å². The zero-order valence-corrected chi connectivity index (χ0v) is 23.7. The Hall–Kier alpha value is -3.18. The van der Waals surface area contributed by atoms with E-state index in [1.807, 2.05) is 18.2 Å². The van der Waals surface area contributed by atoms with Gasteiger partial charge in [-0.2, -0.15) is 4.37 Å². The highest BCUT2D eigenvalue weighted by Gasteiger charge is 2.15. The van der Waals surface area contributed by atoms with Gasteiger partial charge in [-0.1, -0.05) is 44.4 Å². The molecule has 1 unspecified atom stereocenters. The average Bonchev–Trinajstić information content (AvgIpc) is 3.44. The van der Waals surface area contributed by atoms with E-state index in [1.54, 1.807) is 54.9 Å². The van der Waals surface area contributed by atoms with Crippen molar-refractivity contribution in [3.8, 4) is 11.4 Å². The molecule has 8 nitrogen and oxygen atoms in total. The Labute approximate surface area is 234 Å². The first-order valence-electron chi connectivity index (χ1n) is 13.3. The van der Waals surface area contributed by atoms with Crippen molar-refractivity contribution in [2.24, 2.45) is 0 Å². The molecule has 0 spiro atoms. The number of hydrogen-bond acceptors (Lipinski definition) is 8. The minimum atomic E-state index is -3.73. The maximum atomic E-state index is 12.9. The molecule has 0 radical (unpaired) electrons. The summed E-state index contributed by atoms with van der Waals surface area (Å²) in [4.78, 5) is 8.82. The summed E-state index contributed by atoms with van der Waals surface area (Å²) in [6.45, 7) is 3.31. The van der Waals surface area contributed by atoms with Crippen LogP contribution in [0.2, 0.25) is 0 Å². The number of nitrogens with zero attached hydrogens (tertiary/aromatic N) is 3. The van der Waals surface area contributed by atoms with Crippen molar-refractivity contribution in [3.05, 3.63) is 89.2 Å². The van der Waals surface area contributed by atoms with E-state index < -0.39 is 16.1 Å². The molecule has 0 aliphatic carbocycles. The van der Waals surface area contributed by atoms with E-state index in [1.165, 1.54) is 30.8 Å². The van der Waals surface area contributed by atoms with Gasteiger partial charge in [-0.15, -0.1) is 0 Å². The second-order valence-corrected chi connectivity index (χ2v) is 11.9. The second kappa shape index (κ2) is 14.3. The molecule has 2 aromatic heterocycles. The lowest BCUT2D eigenvalue weighted by atomic mass is 10.1. The third-order valence-electron chi connectivity index (χ3n) is 6.34. The number of hydrogen-bond donors (Lipinski definition) is 3. The predicted octanol–water partition coefficient (Wildman–Crippen LogP) is 5.39. The standard InChI is InChI=1S/C29H35N5O3S2/c1-2-3-4-5-8-28-32-29(33-38-28)23-11-15-26(16-12-23)39(36,37)34-25-13-9-22(10-14-25)17-19-31-21-27(35)24-7-6-18-30-20-24/h6-7,9-16,18,20,27,31,34-35H,2-5,8,17,19,21H2,1H3. The van der Waals surface area contributed by atoms with Crippen LogP contribution in [0.3, 0.4) is 0 Å². The maximum absolute atomic E-state index is 12.9. The van der Waals surface area contributed by atoms with E-state index in [4.69, 9.17) is 0 Å². The summed E-state index contributed by atoms with van der Waals surface area (Å²) in [6.07, 6.45) is 9.15. The number of unbranched alkanes of at least 4 members (excludes halogenated alkanes) is 3. The molecule has 0 saturated heterocycles. The van der Waals surface area contributed by atoms with Crippen molar-refractivity contribution in [2.75, 3.05) is 17.8 Å². The van der Waals surface area contributed by atoms with Gasteiger partial charge >= 0.3 is 0 Å². The molecule has 206 valence electrons. The van der Waals surface area contributed by atoms with Crippen molar-refractivity contribution >= 4 is 27.2 Å². The first kappa shape index (κ1) is 28.8. The fourth-order valence-electron chi connectivity index (χ4n) is 4.08. The average molecular weight is 566 g/mol. The molecule has 10 heteroatoms. The van der Waals surface area contributed by atoms with E-state index in [9.17, 15) is 13.5 Å². The SMILES string of the molecule is CCCCCCc1nc(-c2ccc(S(=O)(=O)Nc3ccc(CCNCC(O)c4cccnc4)cc3)cc2)ns1. The largest absolute Gasteiger partial charge is 0.387 e. The van der Waals surface area contributed by atoms with Crippen LogP contribution in [-0.2, 0) is 22.9 Å². The summed E-state index contributed by atoms with van der Waals surface area (Å²) in [5.74, 6) is 0.638. The van der Waals surface area contributed by atoms with Crippen molar-refractivity contribution in [3.63, 3.8) is 0 Å². The summed E-state index contributed by atoms with van der Waals surface area (Å²) in [7, 11) is -3.73. The number of aliphatic hydroxyl groups excluding tert-OH is 1. The molecule has 4 aromatic rings. The van der Waals surface area contributed by atoms with Crippen LogP contribution in [0.4, 0.5) is 5.69 Å². The van der Waals surface area contributed by atoms with Crippen LogP contribution in [0.1, 0.15) is 54.8 Å². The third kappa shape index (κ3) is 8.66. The Bertz CT molecular complexity index is 1390. The second-order valence-electron chi connectivity index (χ2n) is 9.41. The van der Waals surface area contributed by atoms with Gasteiger partial charge in [0, 0.05) is 42.2 Å². The Balaban J connectivity index is 1.26. The maximum Gasteiger partial charge on any atom is 0.261 e. The van der Waals surface area contributed by atoms with Crippen LogP contribution in [0, 0.1) is 0 Å². The highest BCUT2D eigenvalue weighted by Crippen LogP contribution is 2.23. The molecule has 0 aliphatic rings. The number of rotatable bonds is 15.